The van der Waals surface area contributed by atoms with Crippen LogP contribution < -0.4 is 0 Å². The SMILES string of the molecule is CN1C(C(F)(F)F)=C(C(F)(C(F)(F)F)C(F)(F)F)C1(C(F)(F)F)C(F)(F)F. The third kappa shape index (κ3) is 2.78. The van der Waals surface area contributed by atoms with Crippen molar-refractivity contribution in [3.8, 4) is 0 Å². The van der Waals surface area contributed by atoms with E-state index in [4.69, 9.17) is 0 Å². The van der Waals surface area contributed by atoms with Gasteiger partial charge in [-0.05, 0) is 0 Å². The Morgan fingerprint density at radius 1 is 0.593 bits per heavy atom. The van der Waals surface area contributed by atoms with Crippen molar-refractivity contribution in [2.75, 3.05) is 7.05 Å². The van der Waals surface area contributed by atoms with Gasteiger partial charge >= 0.3 is 36.6 Å². The summed E-state index contributed by atoms with van der Waals surface area (Å²) >= 11 is 0. The van der Waals surface area contributed by atoms with E-state index >= 15 is 0 Å². The van der Waals surface area contributed by atoms with Crippen LogP contribution in [0, 0.1) is 0 Å². The Morgan fingerprint density at radius 2 is 0.889 bits per heavy atom. The lowest BCUT2D eigenvalue weighted by molar-refractivity contribution is -0.377. The van der Waals surface area contributed by atoms with Gasteiger partial charge in [0.2, 0.25) is 0 Å². The molecule has 0 amide bonds. The molecule has 0 saturated heterocycles. The van der Waals surface area contributed by atoms with Gasteiger partial charge in [0.05, 0.1) is 5.57 Å². The van der Waals surface area contributed by atoms with Crippen molar-refractivity contribution < 1.29 is 70.2 Å². The van der Waals surface area contributed by atoms with Gasteiger partial charge in [0, 0.05) is 7.05 Å². The van der Waals surface area contributed by atoms with Gasteiger partial charge in [-0.25, -0.2) is 4.39 Å². The maximum atomic E-state index is 13.9. The maximum absolute atomic E-state index is 13.9. The lowest BCUT2D eigenvalue weighted by Crippen LogP contribution is -2.80. The van der Waals surface area contributed by atoms with Crippen LogP contribution in [0.5, 0.6) is 0 Å². The molecule has 0 unspecified atom stereocenters. The number of hydrogen-bond acceptors (Lipinski definition) is 1. The van der Waals surface area contributed by atoms with Crippen LogP contribution in [0.4, 0.5) is 70.2 Å². The molecule has 0 spiro atoms. The van der Waals surface area contributed by atoms with Gasteiger partial charge in [-0.3, -0.25) is 0 Å². The number of nitrogens with zero attached hydrogens (tertiary/aromatic N) is 1. The number of halogens is 16. The van der Waals surface area contributed by atoms with Crippen LogP contribution in [0.3, 0.4) is 0 Å². The zero-order valence-electron chi connectivity index (χ0n) is 12.0. The fraction of sp³-hybridized carbons (Fsp3) is 0.800. The van der Waals surface area contributed by atoms with E-state index < -0.39 is 65.3 Å². The molecule has 0 N–H and O–H groups in total. The molecule has 27 heavy (non-hydrogen) atoms. The number of likely N-dealkylation sites (N-methyl/N-ethyl adjacent to an activating group) is 1. The molecule has 0 fully saturated rings. The molecule has 0 atom stereocenters. The van der Waals surface area contributed by atoms with Crippen molar-refractivity contribution in [3.05, 3.63) is 11.3 Å². The average molecular weight is 441 g/mol. The summed E-state index contributed by atoms with van der Waals surface area (Å²) in [6, 6.07) is 0. The van der Waals surface area contributed by atoms with E-state index in [0.717, 1.165) is 0 Å². The zero-order valence-corrected chi connectivity index (χ0v) is 12.0. The highest BCUT2D eigenvalue weighted by molar-refractivity contribution is 5.52. The molecule has 17 heteroatoms. The topological polar surface area (TPSA) is 3.24 Å². The Balaban J connectivity index is 4.25. The maximum Gasteiger partial charge on any atom is 0.435 e. The molecule has 160 valence electrons. The molecular weight excluding hydrogens is 438 g/mol. The number of rotatable bonds is 1. The molecule has 0 aromatic carbocycles. The summed E-state index contributed by atoms with van der Waals surface area (Å²) < 4.78 is 206. The summed E-state index contributed by atoms with van der Waals surface area (Å²) in [4.78, 5) is -1.95. The van der Waals surface area contributed by atoms with Crippen molar-refractivity contribution in [2.24, 2.45) is 0 Å². The fourth-order valence-corrected chi connectivity index (χ4v) is 2.63. The standard InChI is InChI=1S/C10H3F16N/c1-27-3(6(12,13)14)2(4(11,7(15,16)17)8(18,19)20)5(27,9(21,22)23)10(24,25)26/h1H3. The Hall–Kier alpha value is -1.58. The second-order valence-electron chi connectivity index (χ2n) is 5.14. The van der Waals surface area contributed by atoms with E-state index in [1.807, 2.05) is 0 Å². The molecule has 0 aromatic heterocycles. The summed E-state index contributed by atoms with van der Waals surface area (Å²) in [6.07, 6.45) is -36.4. The van der Waals surface area contributed by atoms with Crippen LogP contribution in [0.25, 0.3) is 0 Å². The highest BCUT2D eigenvalue weighted by Gasteiger charge is 2.91. The second-order valence-corrected chi connectivity index (χ2v) is 5.14. The normalized spacial score (nSPS) is 20.1. The van der Waals surface area contributed by atoms with Gasteiger partial charge < -0.3 is 4.90 Å². The summed E-state index contributed by atoms with van der Waals surface area (Å²) in [5.41, 5.74) is -22.4. The van der Waals surface area contributed by atoms with Gasteiger partial charge in [0.1, 0.15) is 5.70 Å². The van der Waals surface area contributed by atoms with E-state index in [2.05, 4.69) is 0 Å². The molecule has 1 aliphatic rings. The van der Waals surface area contributed by atoms with Crippen LogP contribution in [0.2, 0.25) is 0 Å². The van der Waals surface area contributed by atoms with Crippen LogP contribution in [0.15, 0.2) is 11.3 Å². The monoisotopic (exact) mass is 441 g/mol. The molecule has 0 aromatic rings. The molecule has 1 nitrogen and oxygen atoms in total. The van der Waals surface area contributed by atoms with Crippen molar-refractivity contribution in [1.82, 2.24) is 4.90 Å². The summed E-state index contributed by atoms with van der Waals surface area (Å²) in [6.45, 7) is 0. The molecule has 1 aliphatic heterocycles. The molecule has 0 aliphatic carbocycles. The molecule has 1 rings (SSSR count). The lowest BCUT2D eigenvalue weighted by atomic mass is 9.68. The van der Waals surface area contributed by atoms with Gasteiger partial charge in [-0.1, -0.05) is 0 Å². The molecular formula is C10H3F16N. The number of allylic oxidation sites excluding steroid dienone is 1. The van der Waals surface area contributed by atoms with Crippen LogP contribution >= 0.6 is 0 Å². The molecule has 1 heterocycles. The fourth-order valence-electron chi connectivity index (χ4n) is 2.63. The number of alkyl halides is 16. The predicted octanol–water partition coefficient (Wildman–Crippen LogP) is 5.44. The van der Waals surface area contributed by atoms with Crippen LogP contribution in [0.1, 0.15) is 0 Å². The molecule has 0 saturated carbocycles. The van der Waals surface area contributed by atoms with E-state index in [9.17, 15) is 70.2 Å². The largest absolute Gasteiger partial charge is 0.435 e. The van der Waals surface area contributed by atoms with E-state index in [1.54, 1.807) is 0 Å². The highest BCUT2D eigenvalue weighted by Crippen LogP contribution is 2.68. The van der Waals surface area contributed by atoms with E-state index in [1.165, 1.54) is 0 Å². The molecule has 0 bridgehead atoms. The summed E-state index contributed by atoms with van der Waals surface area (Å²) in [5, 5.41) is 0. The second kappa shape index (κ2) is 5.48. The minimum atomic E-state index is -7.64. The average Bonchev–Trinajstić information content (AvgIpc) is 2.26. The van der Waals surface area contributed by atoms with Crippen LogP contribution in [-0.2, 0) is 0 Å². The Morgan fingerprint density at radius 3 is 1.07 bits per heavy atom. The third-order valence-electron chi connectivity index (χ3n) is 3.65. The van der Waals surface area contributed by atoms with Crippen molar-refractivity contribution in [2.45, 2.75) is 42.1 Å². The van der Waals surface area contributed by atoms with Gasteiger partial charge in [0.25, 0.3) is 5.54 Å². The van der Waals surface area contributed by atoms with Crippen molar-refractivity contribution >= 4 is 0 Å². The highest BCUT2D eigenvalue weighted by atomic mass is 19.4. The van der Waals surface area contributed by atoms with Crippen LogP contribution in [-0.4, -0.2) is 54.0 Å². The first-order chi connectivity index (χ1) is 11.4. The smallest absolute Gasteiger partial charge is 0.345 e. The minimum Gasteiger partial charge on any atom is -0.345 e. The first-order valence-corrected chi connectivity index (χ1v) is 5.92. The summed E-state index contributed by atoms with van der Waals surface area (Å²) in [5.74, 6) is 0. The van der Waals surface area contributed by atoms with Crippen molar-refractivity contribution in [1.29, 1.82) is 0 Å². The quantitative estimate of drug-likeness (QED) is 0.490. The first-order valence-electron chi connectivity index (χ1n) is 5.92. The predicted molar refractivity (Wildman–Crippen MR) is 51.6 cm³/mol. The van der Waals surface area contributed by atoms with E-state index in [-0.39, 0.29) is 0 Å². The molecule has 0 radical (unpaired) electrons. The zero-order chi connectivity index (χ0) is 22.2. The Kier molecular flexibility index (Phi) is 4.77. The van der Waals surface area contributed by atoms with Gasteiger partial charge in [-0.2, -0.15) is 65.9 Å². The summed E-state index contributed by atoms with van der Waals surface area (Å²) in [7, 11) is -0.708. The third-order valence-corrected chi connectivity index (χ3v) is 3.65. The minimum absolute atomic E-state index is 0.708. The Bertz CT molecular complexity index is 594. The number of hydrogen-bond donors (Lipinski definition) is 0. The van der Waals surface area contributed by atoms with Gasteiger partial charge in [0.15, 0.2) is 0 Å². The van der Waals surface area contributed by atoms with Gasteiger partial charge in [-0.15, -0.1) is 0 Å². The Labute approximate surface area is 137 Å². The van der Waals surface area contributed by atoms with Crippen molar-refractivity contribution in [3.63, 3.8) is 0 Å². The first kappa shape index (κ1) is 23.5. The van der Waals surface area contributed by atoms with E-state index in [0.29, 0.717) is 0 Å². The lowest BCUT2D eigenvalue weighted by Gasteiger charge is -2.58.